The first-order valence-electron chi connectivity index (χ1n) is 7.06. The molecule has 0 fully saturated rings. The first-order chi connectivity index (χ1) is 11.8. The van der Waals surface area contributed by atoms with E-state index in [9.17, 15) is 19.7 Å². The average Bonchev–Trinajstić information content (AvgIpc) is 2.56. The van der Waals surface area contributed by atoms with Crippen LogP contribution in [0.1, 0.15) is 15.9 Å². The van der Waals surface area contributed by atoms with Crippen LogP contribution in [0.3, 0.4) is 0 Å². The van der Waals surface area contributed by atoms with Gasteiger partial charge < -0.3 is 10.6 Å². The van der Waals surface area contributed by atoms with Gasteiger partial charge in [-0.05, 0) is 31.2 Å². The van der Waals surface area contributed by atoms with Crippen LogP contribution in [0.2, 0.25) is 10.0 Å². The number of aryl methyl sites for hydroxylation is 1. The number of nitrogens with one attached hydrogen (secondary N) is 2. The predicted octanol–water partition coefficient (Wildman–Crippen LogP) is 3.58. The molecule has 0 atom stereocenters. The number of carbonyl (C=O) groups excluding carboxylic acids is 2. The van der Waals surface area contributed by atoms with Crippen molar-refractivity contribution in [3.8, 4) is 0 Å². The zero-order valence-corrected chi connectivity index (χ0v) is 14.5. The molecule has 25 heavy (non-hydrogen) atoms. The minimum Gasteiger partial charge on any atom is -0.343 e. The van der Waals surface area contributed by atoms with Gasteiger partial charge in [-0.25, -0.2) is 0 Å². The van der Waals surface area contributed by atoms with E-state index in [0.717, 1.165) is 0 Å². The van der Waals surface area contributed by atoms with Crippen molar-refractivity contribution in [2.24, 2.45) is 0 Å². The summed E-state index contributed by atoms with van der Waals surface area (Å²) in [6.07, 6.45) is 0. The van der Waals surface area contributed by atoms with Crippen molar-refractivity contribution >= 4 is 46.4 Å². The van der Waals surface area contributed by atoms with E-state index in [2.05, 4.69) is 10.6 Å². The third-order valence-electron chi connectivity index (χ3n) is 3.28. The molecule has 0 unspecified atom stereocenters. The number of benzene rings is 2. The fourth-order valence-corrected chi connectivity index (χ4v) is 2.29. The van der Waals surface area contributed by atoms with Crippen LogP contribution >= 0.6 is 23.2 Å². The van der Waals surface area contributed by atoms with E-state index in [1.54, 1.807) is 13.0 Å². The molecule has 2 rings (SSSR count). The van der Waals surface area contributed by atoms with Crippen molar-refractivity contribution in [2.45, 2.75) is 6.92 Å². The van der Waals surface area contributed by atoms with Crippen LogP contribution in [0, 0.1) is 17.0 Å². The lowest BCUT2D eigenvalue weighted by atomic mass is 10.1. The fourth-order valence-electron chi connectivity index (χ4n) is 1.99. The quantitative estimate of drug-likeness (QED) is 0.610. The number of carbonyl (C=O) groups is 2. The Balaban J connectivity index is 1.97. The van der Waals surface area contributed by atoms with Gasteiger partial charge in [0.25, 0.3) is 11.6 Å². The monoisotopic (exact) mass is 381 g/mol. The lowest BCUT2D eigenvalue weighted by Gasteiger charge is -2.08. The van der Waals surface area contributed by atoms with Gasteiger partial charge in [-0.2, -0.15) is 0 Å². The van der Waals surface area contributed by atoms with Gasteiger partial charge in [-0.15, -0.1) is 0 Å². The smallest absolute Gasteiger partial charge is 0.273 e. The maximum Gasteiger partial charge on any atom is 0.273 e. The molecule has 0 saturated carbocycles. The number of hydrogen-bond acceptors (Lipinski definition) is 4. The van der Waals surface area contributed by atoms with Crippen LogP contribution in [0.25, 0.3) is 0 Å². The van der Waals surface area contributed by atoms with Gasteiger partial charge in [0.1, 0.15) is 0 Å². The van der Waals surface area contributed by atoms with E-state index in [0.29, 0.717) is 16.3 Å². The molecule has 0 aliphatic carbocycles. The molecule has 2 aromatic carbocycles. The second-order valence-corrected chi connectivity index (χ2v) is 5.93. The van der Waals surface area contributed by atoms with Crippen molar-refractivity contribution in [1.29, 1.82) is 0 Å². The number of nitro groups is 1. The summed E-state index contributed by atoms with van der Waals surface area (Å²) in [6.45, 7) is 1.27. The lowest BCUT2D eigenvalue weighted by Crippen LogP contribution is -2.32. The van der Waals surface area contributed by atoms with E-state index in [4.69, 9.17) is 23.2 Å². The number of anilines is 1. The first-order valence-corrected chi connectivity index (χ1v) is 7.81. The second-order valence-electron chi connectivity index (χ2n) is 5.12. The Bertz CT molecular complexity index is 855. The van der Waals surface area contributed by atoms with Crippen molar-refractivity contribution in [3.63, 3.8) is 0 Å². The molecule has 2 amide bonds. The summed E-state index contributed by atoms with van der Waals surface area (Å²) in [5.41, 5.74) is 0.811. The highest BCUT2D eigenvalue weighted by atomic mass is 35.5. The Kier molecular flexibility index (Phi) is 5.95. The highest BCUT2D eigenvalue weighted by Crippen LogP contribution is 2.25. The highest BCUT2D eigenvalue weighted by molar-refractivity contribution is 6.42. The zero-order valence-electron chi connectivity index (χ0n) is 13.0. The third-order valence-corrected chi connectivity index (χ3v) is 4.02. The first kappa shape index (κ1) is 18.7. The summed E-state index contributed by atoms with van der Waals surface area (Å²) >= 11 is 11.6. The van der Waals surface area contributed by atoms with Gasteiger partial charge in [0.15, 0.2) is 0 Å². The van der Waals surface area contributed by atoms with Gasteiger partial charge in [-0.1, -0.05) is 29.3 Å². The third kappa shape index (κ3) is 4.91. The molecule has 0 aliphatic heterocycles. The Morgan fingerprint density at radius 3 is 2.48 bits per heavy atom. The summed E-state index contributed by atoms with van der Waals surface area (Å²) in [7, 11) is 0. The minimum absolute atomic E-state index is 0.0969. The van der Waals surface area contributed by atoms with E-state index < -0.39 is 16.7 Å². The summed E-state index contributed by atoms with van der Waals surface area (Å²) in [4.78, 5) is 34.2. The van der Waals surface area contributed by atoms with Crippen molar-refractivity contribution in [3.05, 3.63) is 67.7 Å². The van der Waals surface area contributed by atoms with Gasteiger partial charge in [0.2, 0.25) is 5.91 Å². The molecule has 2 aromatic rings. The molecule has 0 radical (unpaired) electrons. The number of hydrogen-bond donors (Lipinski definition) is 2. The molecular weight excluding hydrogens is 369 g/mol. The maximum atomic E-state index is 12.0. The number of nitrogens with zero attached hydrogens (tertiary/aromatic N) is 1. The number of rotatable bonds is 5. The largest absolute Gasteiger partial charge is 0.343 e. The van der Waals surface area contributed by atoms with Crippen LogP contribution in [0.5, 0.6) is 0 Å². The molecule has 0 saturated heterocycles. The summed E-state index contributed by atoms with van der Waals surface area (Å²) in [5.74, 6) is -1.07. The SMILES string of the molecule is Cc1ccc(C(=O)NCC(=O)Nc2ccc(Cl)c(Cl)c2)cc1[N+](=O)[O-]. The van der Waals surface area contributed by atoms with Gasteiger partial charge in [0, 0.05) is 22.9 Å². The van der Waals surface area contributed by atoms with E-state index in [1.807, 2.05) is 0 Å². The van der Waals surface area contributed by atoms with E-state index in [-0.39, 0.29) is 22.8 Å². The maximum absolute atomic E-state index is 12.0. The van der Waals surface area contributed by atoms with Crippen LogP contribution in [0.4, 0.5) is 11.4 Å². The van der Waals surface area contributed by atoms with E-state index >= 15 is 0 Å². The molecule has 2 N–H and O–H groups in total. The molecule has 130 valence electrons. The Labute approximate surface area is 153 Å². The Morgan fingerprint density at radius 1 is 1.12 bits per heavy atom. The summed E-state index contributed by atoms with van der Waals surface area (Å²) in [5, 5.41) is 16.5. The number of nitro benzene ring substituents is 1. The molecule has 0 aliphatic rings. The molecule has 0 aromatic heterocycles. The van der Waals surface area contributed by atoms with Gasteiger partial charge >= 0.3 is 0 Å². The van der Waals surface area contributed by atoms with Crippen molar-refractivity contribution < 1.29 is 14.5 Å². The normalized spacial score (nSPS) is 10.2. The van der Waals surface area contributed by atoms with Crippen LogP contribution in [-0.2, 0) is 4.79 Å². The number of amides is 2. The summed E-state index contributed by atoms with van der Waals surface area (Å²) < 4.78 is 0. The van der Waals surface area contributed by atoms with Gasteiger partial charge in [-0.3, -0.25) is 19.7 Å². The topological polar surface area (TPSA) is 101 Å². The van der Waals surface area contributed by atoms with Crippen molar-refractivity contribution in [2.75, 3.05) is 11.9 Å². The lowest BCUT2D eigenvalue weighted by molar-refractivity contribution is -0.385. The predicted molar refractivity (Wildman–Crippen MR) is 95.3 cm³/mol. The van der Waals surface area contributed by atoms with Crippen LogP contribution in [-0.4, -0.2) is 23.3 Å². The average molecular weight is 382 g/mol. The molecule has 7 nitrogen and oxygen atoms in total. The summed E-state index contributed by atoms with van der Waals surface area (Å²) in [6, 6.07) is 8.67. The minimum atomic E-state index is -0.590. The van der Waals surface area contributed by atoms with E-state index in [1.165, 1.54) is 30.3 Å². The van der Waals surface area contributed by atoms with Crippen LogP contribution in [0.15, 0.2) is 36.4 Å². The number of halogens is 2. The van der Waals surface area contributed by atoms with Crippen molar-refractivity contribution in [1.82, 2.24) is 5.32 Å². The molecular formula is C16H13Cl2N3O4. The highest BCUT2D eigenvalue weighted by Gasteiger charge is 2.15. The Hall–Kier alpha value is -2.64. The van der Waals surface area contributed by atoms with Crippen LogP contribution < -0.4 is 10.6 Å². The van der Waals surface area contributed by atoms with Gasteiger partial charge in [0.05, 0.1) is 21.5 Å². The zero-order chi connectivity index (χ0) is 18.6. The second kappa shape index (κ2) is 7.96. The molecule has 9 heteroatoms. The molecule has 0 bridgehead atoms. The molecule has 0 heterocycles. The Morgan fingerprint density at radius 2 is 1.84 bits per heavy atom. The fraction of sp³-hybridized carbons (Fsp3) is 0.125. The molecule has 0 spiro atoms. The standard InChI is InChI=1S/C16H13Cl2N3O4/c1-9-2-3-10(6-14(9)21(24)25)16(23)19-8-15(22)20-11-4-5-12(17)13(18)7-11/h2-7H,8H2,1H3,(H,19,23)(H,20,22).